The average Bonchev–Trinajstić information content (AvgIpc) is 2.80. The molecule has 1 aromatic heterocycles. The highest BCUT2D eigenvalue weighted by atomic mass is 15.3. The zero-order valence-corrected chi connectivity index (χ0v) is 13.1. The molecule has 0 radical (unpaired) electrons. The van der Waals surface area contributed by atoms with E-state index in [0.717, 1.165) is 56.7 Å². The lowest BCUT2D eigenvalue weighted by atomic mass is 10.1. The number of nitrogens with two attached hydrogens (primary N) is 1. The Hall–Kier alpha value is -2.08. The van der Waals surface area contributed by atoms with E-state index in [4.69, 9.17) is 11.3 Å². The number of allylic oxidation sites excluding steroid dienone is 4. The first kappa shape index (κ1) is 14.8. The van der Waals surface area contributed by atoms with Crippen molar-refractivity contribution in [2.45, 2.75) is 19.3 Å². The van der Waals surface area contributed by atoms with Crippen molar-refractivity contribution in [2.75, 3.05) is 44.0 Å². The van der Waals surface area contributed by atoms with E-state index in [0.29, 0.717) is 5.82 Å². The number of hydrogen-bond acceptors (Lipinski definition) is 5. The number of piperazine rings is 1. The van der Waals surface area contributed by atoms with Gasteiger partial charge in [-0.1, -0.05) is 18.2 Å². The van der Waals surface area contributed by atoms with E-state index in [2.05, 4.69) is 40.1 Å². The molecular weight excluding hydrogens is 276 g/mol. The summed E-state index contributed by atoms with van der Waals surface area (Å²) in [5.74, 6) is 6.87. The van der Waals surface area contributed by atoms with Gasteiger partial charge in [-0.2, -0.15) is 0 Å². The molecule has 0 unspecified atom stereocenters. The summed E-state index contributed by atoms with van der Waals surface area (Å²) in [4.78, 5) is 8.98. The van der Waals surface area contributed by atoms with Gasteiger partial charge in [0.15, 0.2) is 11.3 Å². The number of aromatic nitrogens is 2. The Bertz CT molecular complexity index is 649. The van der Waals surface area contributed by atoms with Crippen molar-refractivity contribution in [3.63, 3.8) is 0 Å². The first-order chi connectivity index (χ1) is 10.7. The highest BCUT2D eigenvalue weighted by Crippen LogP contribution is 2.22. The molecule has 6 heteroatoms. The summed E-state index contributed by atoms with van der Waals surface area (Å²) in [6.45, 7) is 3.76. The number of hydrogen-bond donors (Lipinski definition) is 2. The number of likely N-dealkylation sites (N-methyl/N-ethyl adjacent to an activating group) is 1. The van der Waals surface area contributed by atoms with Crippen LogP contribution in [0.25, 0.3) is 5.57 Å². The van der Waals surface area contributed by atoms with Crippen molar-refractivity contribution in [3.05, 3.63) is 35.6 Å². The third-order valence-corrected chi connectivity index (χ3v) is 4.40. The largest absolute Gasteiger partial charge is 0.351 e. The maximum Gasteiger partial charge on any atom is 0.187 e. The third kappa shape index (κ3) is 2.92. The zero-order chi connectivity index (χ0) is 15.5. The predicted octanol–water partition coefficient (Wildman–Crippen LogP) is 0.952. The quantitative estimate of drug-likeness (QED) is 0.798. The molecule has 0 atom stereocenters. The molecule has 3 N–H and O–H groups in total. The van der Waals surface area contributed by atoms with E-state index in [9.17, 15) is 0 Å². The Labute approximate surface area is 131 Å². The van der Waals surface area contributed by atoms with E-state index in [1.54, 1.807) is 0 Å². The second kappa shape index (κ2) is 6.36. The Morgan fingerprint density at radius 2 is 2.00 bits per heavy atom. The molecule has 1 aromatic rings. The van der Waals surface area contributed by atoms with Crippen LogP contribution in [0.2, 0.25) is 0 Å². The van der Waals surface area contributed by atoms with Crippen LogP contribution in [0.15, 0.2) is 24.4 Å². The van der Waals surface area contributed by atoms with Crippen molar-refractivity contribution in [1.82, 2.24) is 14.6 Å². The summed E-state index contributed by atoms with van der Waals surface area (Å²) in [5.41, 5.74) is 2.28. The SMILES string of the molecule is CN1CCN(c2ncc(C3=CC=CCCC3)n(N)c2=N)CC1. The van der Waals surface area contributed by atoms with Crippen LogP contribution in [-0.2, 0) is 0 Å². The molecule has 1 saturated heterocycles. The van der Waals surface area contributed by atoms with E-state index >= 15 is 0 Å². The van der Waals surface area contributed by atoms with Crippen molar-refractivity contribution in [3.8, 4) is 0 Å². The van der Waals surface area contributed by atoms with Gasteiger partial charge in [-0.3, -0.25) is 5.41 Å². The lowest BCUT2D eigenvalue weighted by molar-refractivity contribution is 0.311. The van der Waals surface area contributed by atoms with Crippen LogP contribution in [0, 0.1) is 5.41 Å². The molecule has 118 valence electrons. The molecule has 1 aliphatic carbocycles. The number of nitrogens with one attached hydrogen (secondary N) is 1. The molecule has 0 aromatic carbocycles. The summed E-state index contributed by atoms with van der Waals surface area (Å²) >= 11 is 0. The minimum Gasteiger partial charge on any atom is -0.351 e. The Morgan fingerprint density at radius 3 is 2.77 bits per heavy atom. The monoisotopic (exact) mass is 300 g/mol. The van der Waals surface area contributed by atoms with Crippen molar-refractivity contribution < 1.29 is 0 Å². The fourth-order valence-corrected chi connectivity index (χ4v) is 2.95. The lowest BCUT2D eigenvalue weighted by Gasteiger charge is -2.33. The summed E-state index contributed by atoms with van der Waals surface area (Å²) in [5, 5.41) is 8.37. The van der Waals surface area contributed by atoms with Crippen LogP contribution < -0.4 is 16.2 Å². The third-order valence-electron chi connectivity index (χ3n) is 4.40. The van der Waals surface area contributed by atoms with E-state index in [-0.39, 0.29) is 5.49 Å². The van der Waals surface area contributed by atoms with Crippen LogP contribution in [-0.4, -0.2) is 47.8 Å². The number of nitrogens with zero attached hydrogens (tertiary/aromatic N) is 4. The second-order valence-electron chi connectivity index (χ2n) is 5.99. The van der Waals surface area contributed by atoms with Gasteiger partial charge in [-0.15, -0.1) is 0 Å². The van der Waals surface area contributed by atoms with E-state index in [1.807, 2.05) is 6.20 Å². The van der Waals surface area contributed by atoms with Gasteiger partial charge in [0.25, 0.3) is 0 Å². The van der Waals surface area contributed by atoms with Crippen molar-refractivity contribution >= 4 is 11.4 Å². The molecule has 6 nitrogen and oxygen atoms in total. The molecule has 2 aliphatic rings. The van der Waals surface area contributed by atoms with Crippen LogP contribution in [0.5, 0.6) is 0 Å². The van der Waals surface area contributed by atoms with Gasteiger partial charge in [-0.25, -0.2) is 9.66 Å². The first-order valence-electron chi connectivity index (χ1n) is 7.88. The predicted molar refractivity (Wildman–Crippen MR) is 88.9 cm³/mol. The van der Waals surface area contributed by atoms with Gasteiger partial charge in [0.1, 0.15) is 0 Å². The van der Waals surface area contributed by atoms with Gasteiger partial charge in [0, 0.05) is 26.2 Å². The van der Waals surface area contributed by atoms with Gasteiger partial charge in [0.05, 0.1) is 11.9 Å². The van der Waals surface area contributed by atoms with Crippen molar-refractivity contribution in [1.29, 1.82) is 5.41 Å². The maximum atomic E-state index is 8.37. The molecule has 0 bridgehead atoms. The molecule has 3 rings (SSSR count). The summed E-state index contributed by atoms with van der Waals surface area (Å²) in [6, 6.07) is 0. The maximum absolute atomic E-state index is 8.37. The van der Waals surface area contributed by atoms with Crippen LogP contribution >= 0.6 is 0 Å². The molecule has 2 heterocycles. The molecule has 0 amide bonds. The molecule has 0 saturated carbocycles. The molecule has 0 spiro atoms. The Kier molecular flexibility index (Phi) is 4.29. The summed E-state index contributed by atoms with van der Waals surface area (Å²) in [7, 11) is 2.12. The van der Waals surface area contributed by atoms with E-state index in [1.165, 1.54) is 4.68 Å². The van der Waals surface area contributed by atoms with Crippen LogP contribution in [0.4, 0.5) is 5.82 Å². The minimum atomic E-state index is 0.288. The van der Waals surface area contributed by atoms with Gasteiger partial charge >= 0.3 is 0 Å². The lowest BCUT2D eigenvalue weighted by Crippen LogP contribution is -2.48. The van der Waals surface area contributed by atoms with Gasteiger partial charge in [-0.05, 0) is 31.9 Å². The normalized spacial score (nSPS) is 19.9. The number of rotatable bonds is 2. The fourth-order valence-electron chi connectivity index (χ4n) is 2.95. The highest BCUT2D eigenvalue weighted by Gasteiger charge is 2.19. The molecule has 22 heavy (non-hydrogen) atoms. The highest BCUT2D eigenvalue weighted by molar-refractivity contribution is 5.65. The standard InChI is InChI=1S/C16H24N6/c1-20-8-10-21(11-9-20)16-15(17)22(18)14(12-19-16)13-6-4-2-3-5-7-13/h2,4,6,12,17H,3,5,7-11,18H2,1H3. The Morgan fingerprint density at radius 1 is 1.23 bits per heavy atom. The average molecular weight is 300 g/mol. The molecule has 1 fully saturated rings. The smallest absolute Gasteiger partial charge is 0.187 e. The zero-order valence-electron chi connectivity index (χ0n) is 13.1. The molecule has 1 aliphatic heterocycles. The second-order valence-corrected chi connectivity index (χ2v) is 5.99. The fraction of sp³-hybridized carbons (Fsp3) is 0.500. The van der Waals surface area contributed by atoms with Gasteiger partial charge < -0.3 is 15.6 Å². The number of anilines is 1. The van der Waals surface area contributed by atoms with Crippen molar-refractivity contribution in [2.24, 2.45) is 0 Å². The Balaban J connectivity index is 1.90. The summed E-state index contributed by atoms with van der Waals surface area (Å²) in [6.07, 6.45) is 11.3. The van der Waals surface area contributed by atoms with Crippen LogP contribution in [0.3, 0.4) is 0 Å². The summed E-state index contributed by atoms with van der Waals surface area (Å²) < 4.78 is 1.48. The van der Waals surface area contributed by atoms with Crippen LogP contribution in [0.1, 0.15) is 25.0 Å². The van der Waals surface area contributed by atoms with E-state index < -0.39 is 0 Å². The number of nitrogen functional groups attached to an aromatic ring is 1. The first-order valence-corrected chi connectivity index (χ1v) is 7.88. The topological polar surface area (TPSA) is 74.2 Å². The minimum absolute atomic E-state index is 0.288. The molecular formula is C16H24N6. The van der Waals surface area contributed by atoms with Gasteiger partial charge in [0.2, 0.25) is 0 Å².